The van der Waals surface area contributed by atoms with E-state index in [1.54, 1.807) is 0 Å². The second-order valence-electron chi connectivity index (χ2n) is 1.38. The molecule has 0 fully saturated rings. The minimum Gasteiger partial charge on any atom is -0.364 e. The lowest BCUT2D eigenvalue weighted by Gasteiger charge is -1.79. The van der Waals surface area contributed by atoms with Gasteiger partial charge in [0.2, 0.25) is 5.22 Å². The molecule has 1 rings (SSSR count). The fourth-order valence-corrected chi connectivity index (χ4v) is 0.587. The number of rotatable bonds is 0. The number of aryl methyl sites for hydroxylation is 1. The molecule has 0 aliphatic heterocycles. The zero-order valence-corrected chi connectivity index (χ0v) is 4.97. The molecule has 0 saturated carbocycles. The summed E-state index contributed by atoms with van der Waals surface area (Å²) in [5.41, 5.74) is -0.227. The Balaban J connectivity index is 3.35. The van der Waals surface area contributed by atoms with Crippen molar-refractivity contribution in [1.29, 1.82) is 0 Å². The molecule has 3 nitrogen and oxygen atoms in total. The second kappa shape index (κ2) is 1.67. The molecule has 0 aliphatic rings. The standard InChI is InChI=1S/C4H4ClNO2/c1-6-4(7)2-3(5)8-6/h2H,1H3. The first-order chi connectivity index (χ1) is 3.70. The highest BCUT2D eigenvalue weighted by molar-refractivity contribution is 6.28. The highest BCUT2D eigenvalue weighted by Gasteiger charge is 1.95. The van der Waals surface area contributed by atoms with Crippen LogP contribution in [0.4, 0.5) is 0 Å². The lowest BCUT2D eigenvalue weighted by atomic mass is 10.7. The van der Waals surface area contributed by atoms with Gasteiger partial charge < -0.3 is 4.52 Å². The van der Waals surface area contributed by atoms with Crippen LogP contribution in [0.15, 0.2) is 15.4 Å². The molecule has 0 bridgehead atoms. The minimum absolute atomic E-state index is 0.123. The van der Waals surface area contributed by atoms with Gasteiger partial charge in [0.25, 0.3) is 5.56 Å². The Morgan fingerprint density at radius 3 is 2.62 bits per heavy atom. The van der Waals surface area contributed by atoms with E-state index in [9.17, 15) is 4.79 Å². The molecule has 0 spiro atoms. The van der Waals surface area contributed by atoms with E-state index in [4.69, 9.17) is 11.6 Å². The van der Waals surface area contributed by atoms with Crippen LogP contribution in [0, 0.1) is 0 Å². The van der Waals surface area contributed by atoms with Gasteiger partial charge in [0.15, 0.2) is 0 Å². The van der Waals surface area contributed by atoms with Crippen molar-refractivity contribution in [3.8, 4) is 0 Å². The van der Waals surface area contributed by atoms with E-state index in [-0.39, 0.29) is 10.8 Å². The van der Waals surface area contributed by atoms with Gasteiger partial charge in [-0.05, 0) is 11.6 Å². The smallest absolute Gasteiger partial charge is 0.283 e. The van der Waals surface area contributed by atoms with Gasteiger partial charge in [0, 0.05) is 7.05 Å². The summed E-state index contributed by atoms with van der Waals surface area (Å²) in [7, 11) is 1.49. The maximum atomic E-state index is 10.4. The monoisotopic (exact) mass is 133 g/mol. The zero-order valence-electron chi connectivity index (χ0n) is 4.22. The summed E-state index contributed by atoms with van der Waals surface area (Å²) >= 11 is 5.28. The summed E-state index contributed by atoms with van der Waals surface area (Å²) in [6.45, 7) is 0. The van der Waals surface area contributed by atoms with Crippen molar-refractivity contribution in [2.75, 3.05) is 0 Å². The molecule has 0 saturated heterocycles. The Labute approximate surface area is 50.4 Å². The molecule has 0 radical (unpaired) electrons. The Hall–Kier alpha value is -0.700. The summed E-state index contributed by atoms with van der Waals surface area (Å²) in [5.74, 6) is 0. The van der Waals surface area contributed by atoms with Gasteiger partial charge in [-0.15, -0.1) is 0 Å². The predicted molar refractivity (Wildman–Crippen MR) is 29.0 cm³/mol. The third-order valence-corrected chi connectivity index (χ3v) is 0.950. The largest absolute Gasteiger partial charge is 0.364 e. The number of hydrogen-bond acceptors (Lipinski definition) is 2. The van der Waals surface area contributed by atoms with Gasteiger partial charge >= 0.3 is 0 Å². The highest BCUT2D eigenvalue weighted by Crippen LogP contribution is 2.00. The van der Waals surface area contributed by atoms with Crippen molar-refractivity contribution < 1.29 is 4.52 Å². The summed E-state index contributed by atoms with van der Waals surface area (Å²) in [4.78, 5) is 10.4. The number of halogens is 1. The molecule has 8 heavy (non-hydrogen) atoms. The topological polar surface area (TPSA) is 35.1 Å². The average Bonchev–Trinajstić information content (AvgIpc) is 1.85. The number of nitrogens with zero attached hydrogens (tertiary/aromatic N) is 1. The predicted octanol–water partition coefficient (Wildman–Crippen LogP) is 0.632. The second-order valence-corrected chi connectivity index (χ2v) is 1.75. The molecular weight excluding hydrogens is 130 g/mol. The van der Waals surface area contributed by atoms with Crippen LogP contribution in [-0.4, -0.2) is 4.74 Å². The van der Waals surface area contributed by atoms with E-state index < -0.39 is 0 Å². The molecule has 0 amide bonds. The molecular formula is C4H4ClNO2. The van der Waals surface area contributed by atoms with Crippen LogP contribution in [0.3, 0.4) is 0 Å². The summed E-state index contributed by atoms with van der Waals surface area (Å²) in [5, 5.41) is 0.123. The molecule has 0 aromatic carbocycles. The first kappa shape index (κ1) is 5.44. The van der Waals surface area contributed by atoms with Gasteiger partial charge in [0.05, 0.1) is 6.07 Å². The van der Waals surface area contributed by atoms with E-state index >= 15 is 0 Å². The van der Waals surface area contributed by atoms with Crippen molar-refractivity contribution in [2.24, 2.45) is 7.05 Å². The quantitative estimate of drug-likeness (QED) is 0.521. The van der Waals surface area contributed by atoms with Gasteiger partial charge in [0.1, 0.15) is 0 Å². The van der Waals surface area contributed by atoms with E-state index in [0.717, 1.165) is 4.74 Å². The first-order valence-corrected chi connectivity index (χ1v) is 2.41. The maximum absolute atomic E-state index is 10.4. The Kier molecular flexibility index (Phi) is 1.13. The molecule has 1 aromatic heterocycles. The SMILES string of the molecule is Cn1oc(Cl)cc1=O. The van der Waals surface area contributed by atoms with Crippen molar-refractivity contribution in [2.45, 2.75) is 0 Å². The van der Waals surface area contributed by atoms with E-state index in [0.29, 0.717) is 0 Å². The number of aromatic nitrogens is 1. The zero-order chi connectivity index (χ0) is 6.15. The Morgan fingerprint density at radius 1 is 1.88 bits per heavy atom. The van der Waals surface area contributed by atoms with Gasteiger partial charge in [-0.1, -0.05) is 0 Å². The lowest BCUT2D eigenvalue weighted by Crippen LogP contribution is -2.06. The van der Waals surface area contributed by atoms with Crippen LogP contribution in [-0.2, 0) is 7.05 Å². The van der Waals surface area contributed by atoms with E-state index in [1.165, 1.54) is 13.1 Å². The fraction of sp³-hybridized carbons (Fsp3) is 0.250. The number of hydrogen-bond donors (Lipinski definition) is 0. The van der Waals surface area contributed by atoms with Crippen LogP contribution in [0.1, 0.15) is 0 Å². The van der Waals surface area contributed by atoms with Crippen LogP contribution in [0.5, 0.6) is 0 Å². The van der Waals surface area contributed by atoms with Gasteiger partial charge in [-0.3, -0.25) is 4.79 Å². The normalized spacial score (nSPS) is 9.75. The summed E-state index contributed by atoms with van der Waals surface area (Å²) < 4.78 is 5.64. The third kappa shape index (κ3) is 0.767. The van der Waals surface area contributed by atoms with Crippen LogP contribution in [0.25, 0.3) is 0 Å². The molecule has 0 aliphatic carbocycles. The molecule has 44 valence electrons. The van der Waals surface area contributed by atoms with Crippen LogP contribution in [0.2, 0.25) is 5.22 Å². The van der Waals surface area contributed by atoms with Crippen molar-refractivity contribution in [3.05, 3.63) is 21.6 Å². The van der Waals surface area contributed by atoms with Gasteiger partial charge in [-0.25, -0.2) is 0 Å². The highest BCUT2D eigenvalue weighted by atomic mass is 35.5. The molecule has 4 heteroatoms. The lowest BCUT2D eigenvalue weighted by molar-refractivity contribution is 0.299. The Bertz CT molecular complexity index is 236. The van der Waals surface area contributed by atoms with Crippen LogP contribution >= 0.6 is 11.6 Å². The maximum Gasteiger partial charge on any atom is 0.283 e. The molecule has 1 heterocycles. The van der Waals surface area contributed by atoms with Crippen molar-refractivity contribution >= 4 is 11.6 Å². The van der Waals surface area contributed by atoms with Crippen molar-refractivity contribution in [3.63, 3.8) is 0 Å². The summed E-state index contributed by atoms with van der Waals surface area (Å²) in [6.07, 6.45) is 0. The van der Waals surface area contributed by atoms with Crippen molar-refractivity contribution in [1.82, 2.24) is 4.74 Å². The molecule has 0 atom stereocenters. The fourth-order valence-electron chi connectivity index (χ4n) is 0.390. The molecule has 1 aromatic rings. The minimum atomic E-state index is -0.227. The molecule has 0 N–H and O–H groups in total. The van der Waals surface area contributed by atoms with E-state index in [2.05, 4.69) is 4.52 Å². The first-order valence-electron chi connectivity index (χ1n) is 2.03. The summed E-state index contributed by atoms with van der Waals surface area (Å²) in [6, 6.07) is 1.21. The van der Waals surface area contributed by atoms with E-state index in [1.807, 2.05) is 0 Å². The molecule has 0 unspecified atom stereocenters. The third-order valence-electron chi connectivity index (χ3n) is 0.771. The van der Waals surface area contributed by atoms with Crippen LogP contribution < -0.4 is 5.56 Å². The van der Waals surface area contributed by atoms with Gasteiger partial charge in [-0.2, -0.15) is 4.74 Å². The Morgan fingerprint density at radius 2 is 2.50 bits per heavy atom. The average molecular weight is 134 g/mol.